The fraction of sp³-hybridized carbons (Fsp3) is 0.667. The van der Waals surface area contributed by atoms with Crippen LogP contribution in [-0.2, 0) is 9.53 Å². The summed E-state index contributed by atoms with van der Waals surface area (Å²) in [6.45, 7) is 6.05. The van der Waals surface area contributed by atoms with Crippen molar-refractivity contribution in [1.29, 1.82) is 0 Å². The molecule has 6 nitrogen and oxygen atoms in total. The Bertz CT molecular complexity index is 538. The number of hydrogen-bond donors (Lipinski definition) is 1. The summed E-state index contributed by atoms with van der Waals surface area (Å²) in [5.74, 6) is -0.922. The number of rotatable bonds is 4. The lowest BCUT2D eigenvalue weighted by Gasteiger charge is -2.33. The number of carbonyl (C=O) groups excluding carboxylic acids is 1. The first kappa shape index (κ1) is 15.5. The summed E-state index contributed by atoms with van der Waals surface area (Å²) in [6, 6.07) is 0.152. The van der Waals surface area contributed by atoms with Gasteiger partial charge in [0.25, 0.3) is 0 Å². The molecule has 0 spiro atoms. The monoisotopic (exact) mass is 294 g/mol. The van der Waals surface area contributed by atoms with Crippen molar-refractivity contribution in [2.75, 3.05) is 6.61 Å². The second-order valence-corrected chi connectivity index (χ2v) is 5.70. The number of carbonyl (C=O) groups is 2. The van der Waals surface area contributed by atoms with Crippen LogP contribution in [0.3, 0.4) is 0 Å². The number of hydrogen-bond acceptors (Lipinski definition) is 4. The predicted molar refractivity (Wildman–Crippen MR) is 76.1 cm³/mol. The Morgan fingerprint density at radius 3 is 2.71 bits per heavy atom. The summed E-state index contributed by atoms with van der Waals surface area (Å²) in [6.07, 6.45) is 3.78. The molecule has 116 valence electrons. The molecule has 0 unspecified atom stereocenters. The molecule has 0 radical (unpaired) electrons. The van der Waals surface area contributed by atoms with E-state index in [1.54, 1.807) is 11.6 Å². The first-order chi connectivity index (χ1) is 9.95. The van der Waals surface area contributed by atoms with E-state index in [4.69, 9.17) is 9.84 Å². The molecular weight excluding hydrogens is 272 g/mol. The molecule has 0 aliphatic heterocycles. The second-order valence-electron chi connectivity index (χ2n) is 5.70. The smallest absolute Gasteiger partial charge is 0.339 e. The highest BCUT2D eigenvalue weighted by atomic mass is 16.5. The third-order valence-electron chi connectivity index (χ3n) is 4.35. The number of ether oxygens (including phenoxy) is 1. The van der Waals surface area contributed by atoms with Crippen molar-refractivity contribution >= 4 is 11.9 Å². The van der Waals surface area contributed by atoms with Crippen molar-refractivity contribution in [2.45, 2.75) is 46.1 Å². The minimum Gasteiger partial charge on any atom is -0.478 e. The molecule has 1 aliphatic rings. The van der Waals surface area contributed by atoms with E-state index in [1.807, 2.05) is 13.8 Å². The van der Waals surface area contributed by atoms with E-state index >= 15 is 0 Å². The van der Waals surface area contributed by atoms with Gasteiger partial charge in [0.05, 0.1) is 30.5 Å². The normalized spacial score (nSPS) is 25.6. The Labute approximate surface area is 124 Å². The minimum atomic E-state index is -0.952. The zero-order valence-electron chi connectivity index (χ0n) is 12.7. The first-order valence-electron chi connectivity index (χ1n) is 7.39. The molecule has 1 aromatic heterocycles. The lowest BCUT2D eigenvalue weighted by atomic mass is 9.78. The number of nitrogens with zero attached hydrogens (tertiary/aromatic N) is 2. The molecule has 1 aromatic rings. The Morgan fingerprint density at radius 2 is 2.19 bits per heavy atom. The molecule has 0 amide bonds. The highest BCUT2D eigenvalue weighted by molar-refractivity contribution is 5.88. The van der Waals surface area contributed by atoms with Crippen molar-refractivity contribution in [3.63, 3.8) is 0 Å². The van der Waals surface area contributed by atoms with E-state index in [2.05, 4.69) is 5.10 Å². The van der Waals surface area contributed by atoms with Crippen molar-refractivity contribution in [3.05, 3.63) is 17.5 Å². The van der Waals surface area contributed by atoms with E-state index in [-0.39, 0.29) is 29.4 Å². The summed E-state index contributed by atoms with van der Waals surface area (Å²) in [5.41, 5.74) is 0.921. The van der Waals surface area contributed by atoms with Gasteiger partial charge in [-0.05, 0) is 39.0 Å². The van der Waals surface area contributed by atoms with E-state index in [9.17, 15) is 9.59 Å². The number of carboxylic acids is 1. The van der Waals surface area contributed by atoms with Crippen LogP contribution < -0.4 is 0 Å². The van der Waals surface area contributed by atoms with Crippen LogP contribution in [-0.4, -0.2) is 33.4 Å². The molecule has 6 heteroatoms. The maximum Gasteiger partial charge on any atom is 0.339 e. The van der Waals surface area contributed by atoms with E-state index < -0.39 is 5.97 Å². The topological polar surface area (TPSA) is 81.4 Å². The molecular formula is C15H22N2O4. The van der Waals surface area contributed by atoms with Crippen LogP contribution in [0.4, 0.5) is 0 Å². The van der Waals surface area contributed by atoms with Gasteiger partial charge < -0.3 is 9.84 Å². The van der Waals surface area contributed by atoms with Gasteiger partial charge in [0.15, 0.2) is 0 Å². The molecule has 2 rings (SSSR count). The van der Waals surface area contributed by atoms with Gasteiger partial charge in [-0.25, -0.2) is 4.79 Å². The van der Waals surface area contributed by atoms with Gasteiger partial charge in [-0.2, -0.15) is 5.10 Å². The van der Waals surface area contributed by atoms with Gasteiger partial charge in [0.2, 0.25) is 0 Å². The van der Waals surface area contributed by atoms with Gasteiger partial charge in [-0.3, -0.25) is 9.48 Å². The standard InChI is InChI=1S/C15H22N2O4/c1-4-21-15(20)12-6-5-11(7-9(12)2)17-10(3)13(8-16-17)14(18)19/h8-9,11-12H,4-7H2,1-3H3,(H,18,19)/t9-,11+,12+/m1/s1. The zero-order chi connectivity index (χ0) is 15.6. The second kappa shape index (κ2) is 6.28. The highest BCUT2D eigenvalue weighted by Gasteiger charge is 2.35. The van der Waals surface area contributed by atoms with E-state index in [1.165, 1.54) is 6.20 Å². The van der Waals surface area contributed by atoms with Crippen LogP contribution >= 0.6 is 0 Å². The third-order valence-corrected chi connectivity index (χ3v) is 4.35. The molecule has 1 N–H and O–H groups in total. The van der Waals surface area contributed by atoms with Crippen molar-refractivity contribution in [1.82, 2.24) is 9.78 Å². The fourth-order valence-corrected chi connectivity index (χ4v) is 3.19. The molecule has 1 saturated carbocycles. The van der Waals surface area contributed by atoms with Gasteiger partial charge in [-0.1, -0.05) is 6.92 Å². The lowest BCUT2D eigenvalue weighted by molar-refractivity contribution is -0.151. The average Bonchev–Trinajstić information content (AvgIpc) is 2.80. The zero-order valence-corrected chi connectivity index (χ0v) is 12.7. The van der Waals surface area contributed by atoms with Gasteiger partial charge in [-0.15, -0.1) is 0 Å². The molecule has 3 atom stereocenters. The molecule has 21 heavy (non-hydrogen) atoms. The largest absolute Gasteiger partial charge is 0.478 e. The quantitative estimate of drug-likeness (QED) is 0.862. The number of carboxylic acid groups (broad SMARTS) is 1. The number of esters is 1. The molecule has 1 heterocycles. The maximum absolute atomic E-state index is 11.9. The summed E-state index contributed by atoms with van der Waals surface area (Å²) in [7, 11) is 0. The van der Waals surface area contributed by atoms with Crippen molar-refractivity contribution in [3.8, 4) is 0 Å². The number of aromatic carboxylic acids is 1. The summed E-state index contributed by atoms with van der Waals surface area (Å²) in [4.78, 5) is 23.0. The average molecular weight is 294 g/mol. The fourth-order valence-electron chi connectivity index (χ4n) is 3.19. The predicted octanol–water partition coefficient (Wildman–Crippen LogP) is 2.43. The number of aromatic nitrogens is 2. The minimum absolute atomic E-state index is 0.0592. The SMILES string of the molecule is CCOC(=O)[C@H]1CC[C@H](n2ncc(C(=O)O)c2C)C[C@H]1C. The van der Waals surface area contributed by atoms with Crippen LogP contribution in [0.25, 0.3) is 0 Å². The van der Waals surface area contributed by atoms with Gasteiger partial charge in [0.1, 0.15) is 5.56 Å². The Hall–Kier alpha value is -1.85. The van der Waals surface area contributed by atoms with Crippen LogP contribution in [0.2, 0.25) is 0 Å². The third kappa shape index (κ3) is 3.09. The van der Waals surface area contributed by atoms with Crippen molar-refractivity contribution in [2.24, 2.45) is 11.8 Å². The highest BCUT2D eigenvalue weighted by Crippen LogP contribution is 2.37. The van der Waals surface area contributed by atoms with Crippen LogP contribution in [0.1, 0.15) is 55.2 Å². The molecule has 0 saturated heterocycles. The lowest BCUT2D eigenvalue weighted by Crippen LogP contribution is -2.32. The van der Waals surface area contributed by atoms with Crippen LogP contribution in [0, 0.1) is 18.8 Å². The molecule has 0 aromatic carbocycles. The Morgan fingerprint density at radius 1 is 1.48 bits per heavy atom. The summed E-state index contributed by atoms with van der Waals surface area (Å²) >= 11 is 0. The summed E-state index contributed by atoms with van der Waals surface area (Å²) in [5, 5.41) is 13.3. The molecule has 1 aliphatic carbocycles. The molecule has 1 fully saturated rings. The molecule has 0 bridgehead atoms. The first-order valence-corrected chi connectivity index (χ1v) is 7.39. The Kier molecular flexibility index (Phi) is 4.65. The maximum atomic E-state index is 11.9. The Balaban J connectivity index is 2.09. The van der Waals surface area contributed by atoms with E-state index in [0.717, 1.165) is 19.3 Å². The van der Waals surface area contributed by atoms with Crippen LogP contribution in [0.5, 0.6) is 0 Å². The van der Waals surface area contributed by atoms with Crippen LogP contribution in [0.15, 0.2) is 6.20 Å². The van der Waals surface area contributed by atoms with E-state index in [0.29, 0.717) is 12.3 Å². The van der Waals surface area contributed by atoms with Gasteiger partial charge in [0, 0.05) is 0 Å². The van der Waals surface area contributed by atoms with Crippen molar-refractivity contribution < 1.29 is 19.4 Å². The summed E-state index contributed by atoms with van der Waals surface area (Å²) < 4.78 is 6.91. The van der Waals surface area contributed by atoms with Gasteiger partial charge >= 0.3 is 11.9 Å².